The average Bonchev–Trinajstić information content (AvgIpc) is 2.70. The molecule has 14 heavy (non-hydrogen) atoms. The molecule has 1 heterocycles. The van der Waals surface area contributed by atoms with Crippen molar-refractivity contribution in [3.8, 4) is 11.4 Å². The molecule has 0 aliphatic rings. The van der Waals surface area contributed by atoms with Crippen LogP contribution >= 0.6 is 15.9 Å². The summed E-state index contributed by atoms with van der Waals surface area (Å²) in [6, 6.07) is 5.63. The molecule has 0 amide bonds. The van der Waals surface area contributed by atoms with E-state index in [0.717, 1.165) is 10.2 Å². The fourth-order valence-corrected chi connectivity index (χ4v) is 1.45. The molecule has 1 aromatic carbocycles. The van der Waals surface area contributed by atoms with Crippen LogP contribution in [-0.4, -0.2) is 27.3 Å². The lowest BCUT2D eigenvalue weighted by Crippen LogP contribution is -1.98. The Hall–Kier alpha value is -1.43. The molecular formula is C8H7BrN4O. The van der Waals surface area contributed by atoms with E-state index in [9.17, 15) is 0 Å². The molecular weight excluding hydrogens is 248 g/mol. The van der Waals surface area contributed by atoms with E-state index >= 15 is 0 Å². The van der Waals surface area contributed by atoms with Crippen molar-refractivity contribution in [2.24, 2.45) is 0 Å². The molecule has 5 nitrogen and oxygen atoms in total. The van der Waals surface area contributed by atoms with E-state index < -0.39 is 0 Å². The number of benzene rings is 1. The molecule has 0 fully saturated rings. The number of aromatic nitrogens is 4. The number of hydrogen-bond acceptors (Lipinski definition) is 4. The van der Waals surface area contributed by atoms with Crippen LogP contribution in [-0.2, 0) is 0 Å². The Morgan fingerprint density at radius 2 is 2.29 bits per heavy atom. The monoisotopic (exact) mass is 254 g/mol. The first-order valence-electron chi connectivity index (χ1n) is 3.88. The fourth-order valence-electron chi connectivity index (χ4n) is 1.11. The molecule has 0 aliphatic heterocycles. The Bertz CT molecular complexity index is 429. The second-order valence-corrected chi connectivity index (χ2v) is 3.49. The zero-order valence-corrected chi connectivity index (χ0v) is 8.97. The van der Waals surface area contributed by atoms with Crippen molar-refractivity contribution in [2.45, 2.75) is 0 Å². The Kier molecular flexibility index (Phi) is 2.45. The maximum Gasteiger partial charge on any atom is 0.145 e. The van der Waals surface area contributed by atoms with E-state index in [-0.39, 0.29) is 0 Å². The van der Waals surface area contributed by atoms with Gasteiger partial charge in [-0.3, -0.25) is 0 Å². The predicted molar refractivity (Wildman–Crippen MR) is 53.4 cm³/mol. The zero-order chi connectivity index (χ0) is 9.97. The molecule has 0 radical (unpaired) electrons. The molecule has 0 spiro atoms. The van der Waals surface area contributed by atoms with E-state index in [4.69, 9.17) is 4.74 Å². The van der Waals surface area contributed by atoms with Crippen LogP contribution in [0.15, 0.2) is 29.0 Å². The van der Waals surface area contributed by atoms with Gasteiger partial charge in [-0.15, -0.1) is 5.10 Å². The summed E-state index contributed by atoms with van der Waals surface area (Å²) in [7, 11) is 1.61. The summed E-state index contributed by atoms with van der Waals surface area (Å²) < 4.78 is 7.70. The molecule has 0 N–H and O–H groups in total. The van der Waals surface area contributed by atoms with Gasteiger partial charge < -0.3 is 4.74 Å². The van der Waals surface area contributed by atoms with E-state index in [1.165, 1.54) is 6.33 Å². The third-order valence-corrected chi connectivity index (χ3v) is 2.23. The Balaban J connectivity index is 2.53. The van der Waals surface area contributed by atoms with Gasteiger partial charge in [0.05, 0.1) is 7.11 Å². The van der Waals surface area contributed by atoms with Crippen LogP contribution < -0.4 is 4.74 Å². The van der Waals surface area contributed by atoms with E-state index in [1.54, 1.807) is 11.8 Å². The molecule has 0 saturated heterocycles. The molecule has 2 aromatic rings. The van der Waals surface area contributed by atoms with Crippen LogP contribution in [0.2, 0.25) is 0 Å². The lowest BCUT2D eigenvalue weighted by Gasteiger charge is -2.06. The highest BCUT2D eigenvalue weighted by Gasteiger charge is 2.06. The maximum absolute atomic E-state index is 5.20. The van der Waals surface area contributed by atoms with Gasteiger partial charge in [0, 0.05) is 4.47 Å². The lowest BCUT2D eigenvalue weighted by molar-refractivity contribution is 0.411. The normalized spacial score (nSPS) is 10.1. The third-order valence-electron chi connectivity index (χ3n) is 1.74. The second-order valence-electron chi connectivity index (χ2n) is 2.57. The van der Waals surface area contributed by atoms with Crippen LogP contribution in [0.1, 0.15) is 0 Å². The van der Waals surface area contributed by atoms with Gasteiger partial charge in [0.15, 0.2) is 0 Å². The molecule has 0 unspecified atom stereocenters. The van der Waals surface area contributed by atoms with Crippen molar-refractivity contribution < 1.29 is 4.74 Å². The van der Waals surface area contributed by atoms with Gasteiger partial charge in [0.25, 0.3) is 0 Å². The molecule has 0 bridgehead atoms. The van der Waals surface area contributed by atoms with Crippen molar-refractivity contribution in [3.05, 3.63) is 29.0 Å². The minimum absolute atomic E-state index is 0.715. The lowest BCUT2D eigenvalue weighted by atomic mass is 10.3. The number of tetrazole rings is 1. The molecule has 1 aromatic heterocycles. The van der Waals surface area contributed by atoms with E-state index in [0.29, 0.717) is 5.75 Å². The van der Waals surface area contributed by atoms with Gasteiger partial charge in [-0.05, 0) is 28.6 Å². The summed E-state index contributed by atoms with van der Waals surface area (Å²) in [4.78, 5) is 0. The molecule has 0 saturated carbocycles. The van der Waals surface area contributed by atoms with Gasteiger partial charge in [0.2, 0.25) is 0 Å². The van der Waals surface area contributed by atoms with E-state index in [2.05, 4.69) is 31.5 Å². The molecule has 6 heteroatoms. The zero-order valence-electron chi connectivity index (χ0n) is 7.38. The Morgan fingerprint density at radius 3 is 2.93 bits per heavy atom. The summed E-state index contributed by atoms with van der Waals surface area (Å²) >= 11 is 3.36. The smallest absolute Gasteiger partial charge is 0.145 e. The SMILES string of the molecule is COc1cc(Br)ccc1-n1cnnn1. The largest absolute Gasteiger partial charge is 0.494 e. The first-order chi connectivity index (χ1) is 6.81. The standard InChI is InChI=1S/C8H7BrN4O/c1-14-8-4-6(9)2-3-7(8)13-5-10-11-12-13/h2-5H,1H3. The van der Waals surface area contributed by atoms with Crippen molar-refractivity contribution in [2.75, 3.05) is 7.11 Å². The first-order valence-corrected chi connectivity index (χ1v) is 4.67. The summed E-state index contributed by atoms with van der Waals surface area (Å²) in [5.41, 5.74) is 0.806. The second kappa shape index (κ2) is 3.75. The van der Waals surface area contributed by atoms with Crippen LogP contribution in [0.3, 0.4) is 0 Å². The van der Waals surface area contributed by atoms with Gasteiger partial charge in [0.1, 0.15) is 17.8 Å². The Morgan fingerprint density at radius 1 is 1.43 bits per heavy atom. The average molecular weight is 255 g/mol. The number of nitrogens with zero attached hydrogens (tertiary/aromatic N) is 4. The molecule has 2 rings (SSSR count). The fraction of sp³-hybridized carbons (Fsp3) is 0.125. The van der Waals surface area contributed by atoms with Gasteiger partial charge >= 0.3 is 0 Å². The van der Waals surface area contributed by atoms with Gasteiger partial charge in [-0.1, -0.05) is 15.9 Å². The number of methoxy groups -OCH3 is 1. The quantitative estimate of drug-likeness (QED) is 0.814. The van der Waals surface area contributed by atoms with Crippen LogP contribution in [0, 0.1) is 0 Å². The summed E-state index contributed by atoms with van der Waals surface area (Å²) in [6.07, 6.45) is 1.52. The third kappa shape index (κ3) is 1.60. The molecule has 0 aliphatic carbocycles. The highest BCUT2D eigenvalue weighted by atomic mass is 79.9. The minimum Gasteiger partial charge on any atom is -0.494 e. The molecule has 72 valence electrons. The first kappa shape index (κ1) is 9.14. The highest BCUT2D eigenvalue weighted by Crippen LogP contribution is 2.25. The predicted octanol–water partition coefficient (Wildman–Crippen LogP) is 1.43. The van der Waals surface area contributed by atoms with Crippen molar-refractivity contribution in [3.63, 3.8) is 0 Å². The Labute approximate surface area is 88.8 Å². The van der Waals surface area contributed by atoms with E-state index in [1.807, 2.05) is 18.2 Å². The number of hydrogen-bond donors (Lipinski definition) is 0. The highest BCUT2D eigenvalue weighted by molar-refractivity contribution is 9.10. The summed E-state index contributed by atoms with van der Waals surface area (Å²) in [6.45, 7) is 0. The summed E-state index contributed by atoms with van der Waals surface area (Å²) in [5, 5.41) is 10.9. The number of ether oxygens (including phenoxy) is 1. The van der Waals surface area contributed by atoms with Gasteiger partial charge in [-0.25, -0.2) is 0 Å². The van der Waals surface area contributed by atoms with Crippen molar-refractivity contribution in [1.29, 1.82) is 0 Å². The minimum atomic E-state index is 0.715. The van der Waals surface area contributed by atoms with Crippen molar-refractivity contribution in [1.82, 2.24) is 20.2 Å². The maximum atomic E-state index is 5.20. The topological polar surface area (TPSA) is 52.8 Å². The molecule has 0 atom stereocenters. The number of halogens is 1. The van der Waals surface area contributed by atoms with Crippen LogP contribution in [0.5, 0.6) is 5.75 Å². The van der Waals surface area contributed by atoms with Crippen molar-refractivity contribution >= 4 is 15.9 Å². The summed E-state index contributed by atoms with van der Waals surface area (Å²) in [5.74, 6) is 0.715. The van der Waals surface area contributed by atoms with Gasteiger partial charge in [-0.2, -0.15) is 4.68 Å². The number of rotatable bonds is 2. The van der Waals surface area contributed by atoms with Crippen LogP contribution in [0.4, 0.5) is 0 Å². The van der Waals surface area contributed by atoms with Crippen LogP contribution in [0.25, 0.3) is 5.69 Å².